The van der Waals surface area contributed by atoms with Crippen LogP contribution in [0.25, 0.3) is 0 Å². The van der Waals surface area contributed by atoms with Crippen molar-refractivity contribution in [3.63, 3.8) is 0 Å². The number of nitrogens with two attached hydrogens (primary N) is 1. The molecule has 0 heterocycles. The Morgan fingerprint density at radius 2 is 2.08 bits per heavy atom. The Bertz CT molecular complexity index is 235. The molecule has 0 aliphatic rings. The van der Waals surface area contributed by atoms with Crippen molar-refractivity contribution in [3.05, 3.63) is 24.3 Å². The molecule has 1 aromatic rings. The quantitative estimate of drug-likeness (QED) is 0.626. The molecular formula is C9H15N3. The fraction of sp³-hybridized carbons (Fsp3) is 0.333. The average molecular weight is 165 g/mol. The highest BCUT2D eigenvalue weighted by Gasteiger charge is 1.91. The van der Waals surface area contributed by atoms with Crippen molar-refractivity contribution in [2.24, 2.45) is 5.73 Å². The normalized spacial score (nSPS) is 9.50. The van der Waals surface area contributed by atoms with Crippen LogP contribution in [0, 0.1) is 0 Å². The zero-order chi connectivity index (χ0) is 8.81. The van der Waals surface area contributed by atoms with Crippen LogP contribution in [0.1, 0.15) is 0 Å². The van der Waals surface area contributed by atoms with Crippen LogP contribution in [0.5, 0.6) is 0 Å². The Morgan fingerprint density at radius 3 is 2.75 bits per heavy atom. The molecule has 3 nitrogen and oxygen atoms in total. The molecule has 0 fully saturated rings. The van der Waals surface area contributed by atoms with Crippen LogP contribution in [-0.4, -0.2) is 20.1 Å². The van der Waals surface area contributed by atoms with Crippen molar-refractivity contribution in [3.8, 4) is 0 Å². The minimum Gasteiger partial charge on any atom is -0.388 e. The molecule has 0 aliphatic carbocycles. The highest BCUT2D eigenvalue weighted by molar-refractivity contribution is 5.56. The summed E-state index contributed by atoms with van der Waals surface area (Å²) in [5.74, 6) is 0. The first-order chi connectivity index (χ1) is 5.86. The van der Waals surface area contributed by atoms with Crippen LogP contribution in [0.4, 0.5) is 11.4 Å². The summed E-state index contributed by atoms with van der Waals surface area (Å²) in [7, 11) is 1.90. The molecule has 0 unspecified atom stereocenters. The molecule has 0 amide bonds. The first-order valence-corrected chi connectivity index (χ1v) is 4.08. The first kappa shape index (κ1) is 8.87. The van der Waals surface area contributed by atoms with Gasteiger partial charge in [-0.05, 0) is 18.2 Å². The van der Waals surface area contributed by atoms with Gasteiger partial charge in [-0.3, -0.25) is 0 Å². The zero-order valence-electron chi connectivity index (χ0n) is 7.30. The molecule has 1 aromatic carbocycles. The van der Waals surface area contributed by atoms with E-state index >= 15 is 0 Å². The van der Waals surface area contributed by atoms with Gasteiger partial charge < -0.3 is 16.4 Å². The van der Waals surface area contributed by atoms with E-state index in [2.05, 4.69) is 16.7 Å². The smallest absolute Gasteiger partial charge is 0.0361 e. The molecule has 0 aliphatic heterocycles. The van der Waals surface area contributed by atoms with Gasteiger partial charge in [-0.25, -0.2) is 0 Å². The summed E-state index contributed by atoms with van der Waals surface area (Å²) >= 11 is 0. The van der Waals surface area contributed by atoms with E-state index in [0.29, 0.717) is 6.54 Å². The van der Waals surface area contributed by atoms with Crippen molar-refractivity contribution in [1.29, 1.82) is 0 Å². The van der Waals surface area contributed by atoms with Gasteiger partial charge in [0.25, 0.3) is 0 Å². The Hall–Kier alpha value is -1.22. The molecule has 0 radical (unpaired) electrons. The molecular weight excluding hydrogens is 150 g/mol. The summed E-state index contributed by atoms with van der Waals surface area (Å²) in [4.78, 5) is 0. The molecule has 0 aromatic heterocycles. The molecule has 0 saturated carbocycles. The number of nitrogens with one attached hydrogen (secondary N) is 2. The minimum absolute atomic E-state index is 0.657. The highest BCUT2D eigenvalue weighted by Crippen LogP contribution is 2.13. The molecule has 66 valence electrons. The molecule has 12 heavy (non-hydrogen) atoms. The molecule has 0 saturated heterocycles. The third-order valence-corrected chi connectivity index (χ3v) is 1.62. The van der Waals surface area contributed by atoms with Gasteiger partial charge in [-0.15, -0.1) is 0 Å². The van der Waals surface area contributed by atoms with Crippen molar-refractivity contribution in [1.82, 2.24) is 0 Å². The summed E-state index contributed by atoms with van der Waals surface area (Å²) in [5, 5.41) is 6.28. The molecule has 4 N–H and O–H groups in total. The second kappa shape index (κ2) is 4.62. The van der Waals surface area contributed by atoms with Crippen LogP contribution in [-0.2, 0) is 0 Å². The van der Waals surface area contributed by atoms with Gasteiger partial charge in [-0.1, -0.05) is 6.07 Å². The van der Waals surface area contributed by atoms with E-state index in [1.54, 1.807) is 0 Å². The maximum Gasteiger partial charge on any atom is 0.0361 e. The largest absolute Gasteiger partial charge is 0.388 e. The molecule has 0 bridgehead atoms. The maximum absolute atomic E-state index is 5.37. The number of hydrogen-bond acceptors (Lipinski definition) is 3. The molecule has 1 rings (SSSR count). The molecule has 3 heteroatoms. The van der Waals surface area contributed by atoms with E-state index in [-0.39, 0.29) is 0 Å². The Morgan fingerprint density at radius 1 is 1.33 bits per heavy atom. The van der Waals surface area contributed by atoms with Gasteiger partial charge in [0, 0.05) is 31.5 Å². The van der Waals surface area contributed by atoms with Crippen molar-refractivity contribution < 1.29 is 0 Å². The number of rotatable bonds is 4. The van der Waals surface area contributed by atoms with Crippen LogP contribution in [0.15, 0.2) is 24.3 Å². The monoisotopic (exact) mass is 165 g/mol. The van der Waals surface area contributed by atoms with Crippen molar-refractivity contribution >= 4 is 11.4 Å². The SMILES string of the molecule is CNc1cccc(NCCN)c1. The second-order valence-electron chi connectivity index (χ2n) is 2.55. The first-order valence-electron chi connectivity index (χ1n) is 4.08. The summed E-state index contributed by atoms with van der Waals surface area (Å²) in [6, 6.07) is 8.10. The van der Waals surface area contributed by atoms with Crippen LogP contribution in [0.3, 0.4) is 0 Å². The predicted molar refractivity (Wildman–Crippen MR) is 53.5 cm³/mol. The van der Waals surface area contributed by atoms with Gasteiger partial charge in [0.1, 0.15) is 0 Å². The van der Waals surface area contributed by atoms with Crippen LogP contribution < -0.4 is 16.4 Å². The predicted octanol–water partition coefficient (Wildman–Crippen LogP) is 1.10. The van der Waals surface area contributed by atoms with E-state index in [1.165, 1.54) is 0 Å². The lowest BCUT2D eigenvalue weighted by molar-refractivity contribution is 1.02. The fourth-order valence-corrected chi connectivity index (χ4v) is 1.00. The zero-order valence-corrected chi connectivity index (χ0v) is 7.30. The number of anilines is 2. The number of benzene rings is 1. The van der Waals surface area contributed by atoms with Crippen LogP contribution >= 0.6 is 0 Å². The van der Waals surface area contributed by atoms with Gasteiger partial charge in [0.05, 0.1) is 0 Å². The van der Waals surface area contributed by atoms with Crippen molar-refractivity contribution in [2.75, 3.05) is 30.8 Å². The molecule has 0 spiro atoms. The van der Waals surface area contributed by atoms with E-state index < -0.39 is 0 Å². The lowest BCUT2D eigenvalue weighted by Crippen LogP contribution is -2.12. The van der Waals surface area contributed by atoms with Gasteiger partial charge in [0.2, 0.25) is 0 Å². The van der Waals surface area contributed by atoms with Gasteiger partial charge in [0.15, 0.2) is 0 Å². The third kappa shape index (κ3) is 2.43. The van der Waals surface area contributed by atoms with Gasteiger partial charge >= 0.3 is 0 Å². The highest BCUT2D eigenvalue weighted by atomic mass is 14.9. The van der Waals surface area contributed by atoms with E-state index in [9.17, 15) is 0 Å². The third-order valence-electron chi connectivity index (χ3n) is 1.62. The van der Waals surface area contributed by atoms with Crippen molar-refractivity contribution in [2.45, 2.75) is 0 Å². The number of hydrogen-bond donors (Lipinski definition) is 3. The Labute approximate surface area is 73.0 Å². The molecule has 0 atom stereocenters. The van der Waals surface area contributed by atoms with E-state index in [1.807, 2.05) is 25.2 Å². The summed E-state index contributed by atoms with van der Waals surface area (Å²) < 4.78 is 0. The lowest BCUT2D eigenvalue weighted by atomic mass is 10.3. The van der Waals surface area contributed by atoms with Gasteiger partial charge in [-0.2, -0.15) is 0 Å². The standard InChI is InChI=1S/C9H15N3/c1-11-8-3-2-4-9(7-8)12-6-5-10/h2-4,7,11-12H,5-6,10H2,1H3. The summed E-state index contributed by atoms with van der Waals surface area (Å²) in [5.41, 5.74) is 7.58. The minimum atomic E-state index is 0.657. The summed E-state index contributed by atoms with van der Waals surface area (Å²) in [6.07, 6.45) is 0. The fourth-order valence-electron chi connectivity index (χ4n) is 1.00. The summed E-state index contributed by atoms with van der Waals surface area (Å²) in [6.45, 7) is 1.47. The van der Waals surface area contributed by atoms with Crippen LogP contribution in [0.2, 0.25) is 0 Å². The Balaban J connectivity index is 2.60. The maximum atomic E-state index is 5.37. The average Bonchev–Trinajstić information content (AvgIpc) is 2.15. The topological polar surface area (TPSA) is 50.1 Å². The Kier molecular flexibility index (Phi) is 3.41. The van der Waals surface area contributed by atoms with E-state index in [4.69, 9.17) is 5.73 Å². The van der Waals surface area contributed by atoms with E-state index in [0.717, 1.165) is 17.9 Å². The second-order valence-corrected chi connectivity index (χ2v) is 2.55. The lowest BCUT2D eigenvalue weighted by Gasteiger charge is -2.06.